The van der Waals surface area contributed by atoms with Gasteiger partial charge in [-0.3, -0.25) is 0 Å². The molecule has 2 fully saturated rings. The molecule has 0 atom stereocenters. The molecule has 4 nitrogen and oxygen atoms in total. The summed E-state index contributed by atoms with van der Waals surface area (Å²) in [6, 6.07) is 1.74. The van der Waals surface area contributed by atoms with Crippen molar-refractivity contribution in [2.45, 2.75) is 32.6 Å². The van der Waals surface area contributed by atoms with Crippen molar-refractivity contribution < 1.29 is 9.90 Å². The minimum absolute atomic E-state index is 0.309. The number of aromatic nitrogens is 1. The maximum atomic E-state index is 11.2. The van der Waals surface area contributed by atoms with E-state index in [1.54, 1.807) is 12.3 Å². The third kappa shape index (κ3) is 1.96. The molecular formula is C14H18N2O2. The third-order valence-electron chi connectivity index (χ3n) is 4.32. The number of anilines is 1. The number of carbonyl (C=O) groups is 1. The quantitative estimate of drug-likeness (QED) is 0.838. The molecule has 2 aliphatic rings. The van der Waals surface area contributed by atoms with Crippen LogP contribution in [-0.4, -0.2) is 22.6 Å². The Morgan fingerprint density at radius 3 is 2.83 bits per heavy atom. The molecule has 1 heterocycles. The van der Waals surface area contributed by atoms with Crippen LogP contribution >= 0.6 is 0 Å². The summed E-state index contributed by atoms with van der Waals surface area (Å²) in [5.74, 6) is 0.483. The van der Waals surface area contributed by atoms with Crippen LogP contribution in [0.15, 0.2) is 12.3 Å². The number of aromatic carboxylic acids is 1. The summed E-state index contributed by atoms with van der Waals surface area (Å²) in [5.41, 5.74) is 1.52. The van der Waals surface area contributed by atoms with Crippen molar-refractivity contribution in [2.75, 3.05) is 11.9 Å². The summed E-state index contributed by atoms with van der Waals surface area (Å²) in [4.78, 5) is 15.4. The minimum Gasteiger partial charge on any atom is -0.478 e. The summed E-state index contributed by atoms with van der Waals surface area (Å²) in [7, 11) is 0. The second-order valence-electron chi connectivity index (χ2n) is 5.65. The molecule has 1 aromatic rings. The molecule has 0 radical (unpaired) electrons. The van der Waals surface area contributed by atoms with E-state index < -0.39 is 5.97 Å². The monoisotopic (exact) mass is 246 g/mol. The Bertz CT molecular complexity index is 491. The lowest BCUT2D eigenvalue weighted by atomic mass is 10.0. The van der Waals surface area contributed by atoms with Gasteiger partial charge in [-0.1, -0.05) is 0 Å². The fourth-order valence-corrected chi connectivity index (χ4v) is 2.81. The van der Waals surface area contributed by atoms with E-state index >= 15 is 0 Å². The summed E-state index contributed by atoms with van der Waals surface area (Å²) in [5, 5.41) is 12.5. The van der Waals surface area contributed by atoms with Gasteiger partial charge in [0.05, 0.1) is 0 Å². The zero-order chi connectivity index (χ0) is 12.8. The first-order valence-corrected chi connectivity index (χ1v) is 6.55. The fourth-order valence-electron chi connectivity index (χ4n) is 2.81. The second-order valence-corrected chi connectivity index (χ2v) is 5.65. The molecule has 2 saturated carbocycles. The van der Waals surface area contributed by atoms with Gasteiger partial charge >= 0.3 is 5.97 Å². The van der Waals surface area contributed by atoms with Gasteiger partial charge in [0.2, 0.25) is 0 Å². The molecule has 0 unspecified atom stereocenters. The van der Waals surface area contributed by atoms with Gasteiger partial charge in [-0.15, -0.1) is 0 Å². The van der Waals surface area contributed by atoms with Crippen LogP contribution in [0.3, 0.4) is 0 Å². The van der Waals surface area contributed by atoms with Crippen LogP contribution in [0.1, 0.15) is 41.6 Å². The van der Waals surface area contributed by atoms with E-state index in [0.717, 1.165) is 18.0 Å². The highest BCUT2D eigenvalue weighted by Gasteiger charge is 2.53. The first-order chi connectivity index (χ1) is 8.62. The lowest BCUT2D eigenvalue weighted by Gasteiger charge is -2.17. The van der Waals surface area contributed by atoms with E-state index in [1.165, 1.54) is 25.7 Å². The van der Waals surface area contributed by atoms with Crippen LogP contribution < -0.4 is 5.32 Å². The summed E-state index contributed by atoms with van der Waals surface area (Å²) >= 11 is 0. The Morgan fingerprint density at radius 2 is 2.28 bits per heavy atom. The van der Waals surface area contributed by atoms with Crippen LogP contribution in [-0.2, 0) is 0 Å². The van der Waals surface area contributed by atoms with Gasteiger partial charge < -0.3 is 10.4 Å². The van der Waals surface area contributed by atoms with Crippen LogP contribution in [0.2, 0.25) is 0 Å². The number of rotatable bonds is 5. The Labute approximate surface area is 106 Å². The van der Waals surface area contributed by atoms with Crippen LogP contribution in [0, 0.1) is 18.3 Å². The number of carboxylic acid groups (broad SMARTS) is 1. The predicted octanol–water partition coefficient (Wildman–Crippen LogP) is 2.69. The fraction of sp³-hybridized carbons (Fsp3) is 0.571. The van der Waals surface area contributed by atoms with Gasteiger partial charge in [0.1, 0.15) is 11.4 Å². The maximum absolute atomic E-state index is 11.2. The van der Waals surface area contributed by atoms with Crippen molar-refractivity contribution >= 4 is 11.8 Å². The second kappa shape index (κ2) is 3.97. The van der Waals surface area contributed by atoms with Crippen LogP contribution in [0.4, 0.5) is 5.82 Å². The predicted molar refractivity (Wildman–Crippen MR) is 68.8 cm³/mol. The van der Waals surface area contributed by atoms with Gasteiger partial charge in [0, 0.05) is 12.7 Å². The van der Waals surface area contributed by atoms with E-state index in [0.29, 0.717) is 16.8 Å². The van der Waals surface area contributed by atoms with Crippen LogP contribution in [0.5, 0.6) is 0 Å². The highest BCUT2D eigenvalue weighted by Crippen LogP contribution is 2.61. The van der Waals surface area contributed by atoms with Crippen molar-refractivity contribution in [2.24, 2.45) is 11.3 Å². The Kier molecular flexibility index (Phi) is 2.54. The van der Waals surface area contributed by atoms with Crippen molar-refractivity contribution in [3.63, 3.8) is 0 Å². The largest absolute Gasteiger partial charge is 0.478 e. The smallest absolute Gasteiger partial charge is 0.339 e. The standard InChI is InChI=1S/C14H18N2O2/c1-9-4-7-15-12(11(9)13(17)18)16-8-14(5-6-14)10-2-3-10/h4,7,10H,2-3,5-6,8H2,1H3,(H,15,16)(H,17,18). The summed E-state index contributed by atoms with van der Waals surface area (Å²) in [6.45, 7) is 2.68. The van der Waals surface area contributed by atoms with Crippen molar-refractivity contribution in [3.05, 3.63) is 23.4 Å². The molecule has 0 aliphatic heterocycles. The molecule has 0 aromatic carbocycles. The number of aryl methyl sites for hydroxylation is 1. The van der Waals surface area contributed by atoms with Crippen molar-refractivity contribution in [3.8, 4) is 0 Å². The molecule has 96 valence electrons. The number of nitrogens with zero attached hydrogens (tertiary/aromatic N) is 1. The first kappa shape index (κ1) is 11.5. The molecule has 0 spiro atoms. The number of carboxylic acids is 1. The molecule has 2 aliphatic carbocycles. The lowest BCUT2D eigenvalue weighted by molar-refractivity contribution is 0.0696. The van der Waals surface area contributed by atoms with E-state index in [1.807, 2.05) is 6.92 Å². The van der Waals surface area contributed by atoms with Gasteiger partial charge in [0.15, 0.2) is 0 Å². The molecule has 18 heavy (non-hydrogen) atoms. The van der Waals surface area contributed by atoms with E-state index in [9.17, 15) is 9.90 Å². The summed E-state index contributed by atoms with van der Waals surface area (Å²) < 4.78 is 0. The average Bonchev–Trinajstić information content (AvgIpc) is 3.17. The molecule has 0 saturated heterocycles. The molecular weight excluding hydrogens is 228 g/mol. The molecule has 3 rings (SSSR count). The number of hydrogen-bond donors (Lipinski definition) is 2. The van der Waals surface area contributed by atoms with Crippen molar-refractivity contribution in [1.82, 2.24) is 4.98 Å². The number of nitrogens with one attached hydrogen (secondary N) is 1. The lowest BCUT2D eigenvalue weighted by Crippen LogP contribution is -2.20. The van der Waals surface area contributed by atoms with Gasteiger partial charge in [-0.25, -0.2) is 9.78 Å². The normalized spacial score (nSPS) is 20.5. The highest BCUT2D eigenvalue weighted by atomic mass is 16.4. The zero-order valence-electron chi connectivity index (χ0n) is 10.6. The molecule has 4 heteroatoms. The highest BCUT2D eigenvalue weighted by molar-refractivity contribution is 5.94. The third-order valence-corrected chi connectivity index (χ3v) is 4.32. The van der Waals surface area contributed by atoms with E-state index in [-0.39, 0.29) is 0 Å². The number of hydrogen-bond acceptors (Lipinski definition) is 3. The van der Waals surface area contributed by atoms with E-state index in [4.69, 9.17) is 0 Å². The molecule has 2 N–H and O–H groups in total. The maximum Gasteiger partial charge on any atom is 0.339 e. The molecule has 0 amide bonds. The van der Waals surface area contributed by atoms with E-state index in [2.05, 4.69) is 10.3 Å². The molecule has 0 bridgehead atoms. The van der Waals surface area contributed by atoms with Crippen LogP contribution in [0.25, 0.3) is 0 Å². The minimum atomic E-state index is -0.903. The SMILES string of the molecule is Cc1ccnc(NCC2(C3CC3)CC2)c1C(=O)O. The van der Waals surface area contributed by atoms with Gasteiger partial charge in [-0.05, 0) is 55.6 Å². The Morgan fingerprint density at radius 1 is 1.56 bits per heavy atom. The summed E-state index contributed by atoms with van der Waals surface area (Å²) in [6.07, 6.45) is 6.90. The Balaban J connectivity index is 1.76. The van der Waals surface area contributed by atoms with Crippen molar-refractivity contribution in [1.29, 1.82) is 0 Å². The van der Waals surface area contributed by atoms with Gasteiger partial charge in [-0.2, -0.15) is 0 Å². The average molecular weight is 246 g/mol. The Hall–Kier alpha value is -1.58. The zero-order valence-corrected chi connectivity index (χ0v) is 10.6. The van der Waals surface area contributed by atoms with Gasteiger partial charge in [0.25, 0.3) is 0 Å². The molecule has 1 aromatic heterocycles. The number of pyridine rings is 1. The first-order valence-electron chi connectivity index (χ1n) is 6.55. The topological polar surface area (TPSA) is 62.2 Å².